The van der Waals surface area contributed by atoms with E-state index in [-0.39, 0.29) is 17.3 Å². The summed E-state index contributed by atoms with van der Waals surface area (Å²) < 4.78 is 14.3. The number of H-pyrrole nitrogens is 1. The maximum atomic E-state index is 13.1. The van der Waals surface area contributed by atoms with E-state index in [1.807, 2.05) is 0 Å². The Labute approximate surface area is 99.7 Å². The van der Waals surface area contributed by atoms with Crippen LogP contribution >= 0.6 is 0 Å². The molecule has 2 heterocycles. The molecule has 2 aromatic heterocycles. The number of rotatable bonds is 2. The van der Waals surface area contributed by atoms with Crippen molar-refractivity contribution in [2.45, 2.75) is 0 Å². The van der Waals surface area contributed by atoms with Gasteiger partial charge in [0.2, 0.25) is 0 Å². The lowest BCUT2D eigenvalue weighted by molar-refractivity contribution is 0.0688. The van der Waals surface area contributed by atoms with Crippen LogP contribution in [0.2, 0.25) is 0 Å². The van der Waals surface area contributed by atoms with Crippen molar-refractivity contribution in [3.63, 3.8) is 0 Å². The standard InChI is InChI=1S/C11H7FN4O2/c12-7-3-1-2-6(4-7)9-14-11-13-5-8(10(17)18)16(11)15-9/h1-5H,(H,17,18)(H,13,14,15). The SMILES string of the molecule is O=C(O)c1cnc2nc(-c3cccc(F)c3)[nH]n12. The first kappa shape index (κ1) is 10.5. The van der Waals surface area contributed by atoms with Crippen LogP contribution in [0.1, 0.15) is 10.5 Å². The van der Waals surface area contributed by atoms with Crippen molar-refractivity contribution in [3.8, 4) is 11.4 Å². The van der Waals surface area contributed by atoms with Crippen LogP contribution in [0, 0.1) is 5.82 Å². The Hall–Kier alpha value is -2.70. The van der Waals surface area contributed by atoms with Crippen LogP contribution in [-0.4, -0.2) is 30.7 Å². The van der Waals surface area contributed by atoms with Gasteiger partial charge >= 0.3 is 5.97 Å². The van der Waals surface area contributed by atoms with Crippen molar-refractivity contribution >= 4 is 11.7 Å². The molecule has 0 aliphatic carbocycles. The molecule has 2 N–H and O–H groups in total. The number of fused-ring (bicyclic) bond motifs is 1. The van der Waals surface area contributed by atoms with Gasteiger partial charge in [-0.2, -0.15) is 4.98 Å². The van der Waals surface area contributed by atoms with Gasteiger partial charge < -0.3 is 5.11 Å². The van der Waals surface area contributed by atoms with E-state index >= 15 is 0 Å². The zero-order chi connectivity index (χ0) is 12.7. The lowest BCUT2D eigenvalue weighted by Crippen LogP contribution is -2.01. The summed E-state index contributed by atoms with van der Waals surface area (Å²) in [5.74, 6) is -0.913. The number of hydrogen-bond acceptors (Lipinski definition) is 3. The lowest BCUT2D eigenvalue weighted by atomic mass is 10.2. The Morgan fingerprint density at radius 1 is 1.44 bits per heavy atom. The first-order valence-corrected chi connectivity index (χ1v) is 5.08. The van der Waals surface area contributed by atoms with Crippen molar-refractivity contribution in [3.05, 3.63) is 42.0 Å². The van der Waals surface area contributed by atoms with Gasteiger partial charge in [-0.15, -0.1) is 0 Å². The maximum absolute atomic E-state index is 13.1. The monoisotopic (exact) mass is 246 g/mol. The number of hydrogen-bond donors (Lipinski definition) is 2. The number of nitrogens with one attached hydrogen (secondary N) is 1. The molecule has 0 bridgehead atoms. The van der Waals surface area contributed by atoms with E-state index in [4.69, 9.17) is 5.11 Å². The molecule has 3 rings (SSSR count). The number of carbonyl (C=O) groups is 1. The van der Waals surface area contributed by atoms with Crippen molar-refractivity contribution < 1.29 is 14.3 Å². The average molecular weight is 246 g/mol. The topological polar surface area (TPSA) is 83.3 Å². The summed E-state index contributed by atoms with van der Waals surface area (Å²) in [6.07, 6.45) is 1.20. The third-order valence-corrected chi connectivity index (χ3v) is 2.49. The summed E-state index contributed by atoms with van der Waals surface area (Å²) in [4.78, 5) is 18.9. The van der Waals surface area contributed by atoms with Gasteiger partial charge in [-0.3, -0.25) is 5.10 Å². The Morgan fingerprint density at radius 3 is 3.00 bits per heavy atom. The third kappa shape index (κ3) is 1.53. The molecule has 6 nitrogen and oxygen atoms in total. The van der Waals surface area contributed by atoms with E-state index in [9.17, 15) is 9.18 Å². The number of carboxylic acids is 1. The second kappa shape index (κ2) is 3.66. The van der Waals surface area contributed by atoms with E-state index < -0.39 is 5.97 Å². The Kier molecular flexibility index (Phi) is 2.12. The van der Waals surface area contributed by atoms with Crippen molar-refractivity contribution in [2.24, 2.45) is 0 Å². The molecule has 18 heavy (non-hydrogen) atoms. The van der Waals surface area contributed by atoms with Crippen molar-refractivity contribution in [2.75, 3.05) is 0 Å². The molecule has 3 aromatic rings. The predicted molar refractivity (Wildman–Crippen MR) is 59.7 cm³/mol. The van der Waals surface area contributed by atoms with E-state index in [1.54, 1.807) is 12.1 Å². The summed E-state index contributed by atoms with van der Waals surface area (Å²) in [5, 5.41) is 11.7. The van der Waals surface area contributed by atoms with Gasteiger partial charge in [0.1, 0.15) is 5.82 Å². The minimum absolute atomic E-state index is 0.0276. The van der Waals surface area contributed by atoms with Gasteiger partial charge in [0.05, 0.1) is 6.20 Å². The second-order valence-electron chi connectivity index (χ2n) is 3.67. The molecular formula is C11H7FN4O2. The number of carboxylic acid groups (broad SMARTS) is 1. The highest BCUT2D eigenvalue weighted by Gasteiger charge is 2.14. The summed E-state index contributed by atoms with van der Waals surface area (Å²) in [6.45, 7) is 0. The molecule has 0 aliphatic heterocycles. The number of halogens is 1. The zero-order valence-electron chi connectivity index (χ0n) is 8.96. The number of aromatic nitrogens is 4. The number of benzene rings is 1. The van der Waals surface area contributed by atoms with Crippen LogP contribution in [0.15, 0.2) is 30.5 Å². The molecular weight excluding hydrogens is 239 g/mol. The van der Waals surface area contributed by atoms with Crippen LogP contribution in [0.4, 0.5) is 4.39 Å². The highest BCUT2D eigenvalue weighted by molar-refractivity contribution is 5.86. The largest absolute Gasteiger partial charge is 0.476 e. The van der Waals surface area contributed by atoms with Crippen molar-refractivity contribution in [1.29, 1.82) is 0 Å². The van der Waals surface area contributed by atoms with E-state index in [1.165, 1.54) is 22.8 Å². The summed E-state index contributed by atoms with van der Waals surface area (Å²) in [7, 11) is 0. The second-order valence-corrected chi connectivity index (χ2v) is 3.67. The molecule has 90 valence electrons. The number of nitrogens with zero attached hydrogens (tertiary/aromatic N) is 3. The number of aromatic carboxylic acids is 1. The van der Waals surface area contributed by atoms with Crippen LogP contribution in [0.25, 0.3) is 17.2 Å². The number of aromatic amines is 1. The van der Waals surface area contributed by atoms with E-state index in [2.05, 4.69) is 15.1 Å². The molecule has 0 unspecified atom stereocenters. The van der Waals surface area contributed by atoms with Crippen LogP contribution in [0.3, 0.4) is 0 Å². The van der Waals surface area contributed by atoms with Gasteiger partial charge in [-0.25, -0.2) is 18.7 Å². The smallest absolute Gasteiger partial charge is 0.356 e. The highest BCUT2D eigenvalue weighted by Crippen LogP contribution is 2.17. The fraction of sp³-hybridized carbons (Fsp3) is 0. The lowest BCUT2D eigenvalue weighted by Gasteiger charge is -1.95. The van der Waals surface area contributed by atoms with Crippen molar-refractivity contribution in [1.82, 2.24) is 19.6 Å². The first-order valence-electron chi connectivity index (χ1n) is 5.08. The maximum Gasteiger partial charge on any atom is 0.356 e. The highest BCUT2D eigenvalue weighted by atomic mass is 19.1. The molecule has 0 spiro atoms. The first-order chi connectivity index (χ1) is 8.65. The van der Waals surface area contributed by atoms with E-state index in [0.29, 0.717) is 11.4 Å². The molecule has 7 heteroatoms. The summed E-state index contributed by atoms with van der Waals surface area (Å²) in [5.41, 5.74) is 0.497. The molecule has 0 saturated heterocycles. The molecule has 0 aliphatic rings. The Morgan fingerprint density at radius 2 is 2.28 bits per heavy atom. The van der Waals surface area contributed by atoms with Crippen LogP contribution < -0.4 is 0 Å². The fourth-order valence-electron chi connectivity index (χ4n) is 1.68. The summed E-state index contributed by atoms with van der Waals surface area (Å²) >= 11 is 0. The predicted octanol–water partition coefficient (Wildman–Crippen LogP) is 1.56. The van der Waals surface area contributed by atoms with Gasteiger partial charge in [0, 0.05) is 5.56 Å². The molecule has 0 radical (unpaired) electrons. The van der Waals surface area contributed by atoms with Gasteiger partial charge in [-0.05, 0) is 12.1 Å². The molecule has 0 atom stereocenters. The van der Waals surface area contributed by atoms with Gasteiger partial charge in [-0.1, -0.05) is 12.1 Å². The van der Waals surface area contributed by atoms with Crippen LogP contribution in [0.5, 0.6) is 0 Å². The molecule has 0 amide bonds. The Bertz CT molecular complexity index is 746. The molecule has 0 fully saturated rings. The minimum atomic E-state index is -1.11. The molecule has 0 saturated carbocycles. The molecule has 1 aromatic carbocycles. The fourth-order valence-corrected chi connectivity index (χ4v) is 1.68. The normalized spacial score (nSPS) is 10.9. The Balaban J connectivity index is 2.17. The average Bonchev–Trinajstić information content (AvgIpc) is 2.87. The quantitative estimate of drug-likeness (QED) is 0.718. The van der Waals surface area contributed by atoms with Crippen LogP contribution in [-0.2, 0) is 0 Å². The van der Waals surface area contributed by atoms with Gasteiger partial charge in [0.15, 0.2) is 11.5 Å². The number of imidazole rings is 1. The van der Waals surface area contributed by atoms with E-state index in [0.717, 1.165) is 0 Å². The zero-order valence-corrected chi connectivity index (χ0v) is 8.96. The third-order valence-electron chi connectivity index (χ3n) is 2.49. The minimum Gasteiger partial charge on any atom is -0.476 e. The van der Waals surface area contributed by atoms with Gasteiger partial charge in [0.25, 0.3) is 5.78 Å². The summed E-state index contributed by atoms with van der Waals surface area (Å²) in [6, 6.07) is 5.84.